The summed E-state index contributed by atoms with van der Waals surface area (Å²) in [6.45, 7) is 3.86. The zero-order valence-electron chi connectivity index (χ0n) is 16.3. The van der Waals surface area contributed by atoms with Gasteiger partial charge in [-0.2, -0.15) is 5.10 Å². The van der Waals surface area contributed by atoms with Gasteiger partial charge in [-0.25, -0.2) is 18.1 Å². The van der Waals surface area contributed by atoms with Gasteiger partial charge in [-0.3, -0.25) is 4.79 Å². The topological polar surface area (TPSA) is 94.0 Å². The van der Waals surface area contributed by atoms with Gasteiger partial charge in [0.2, 0.25) is 5.91 Å². The summed E-state index contributed by atoms with van der Waals surface area (Å²) in [5.41, 5.74) is 2.77. The number of anilines is 1. The molecule has 1 amide bonds. The van der Waals surface area contributed by atoms with E-state index >= 15 is 0 Å². The molecule has 0 spiro atoms. The van der Waals surface area contributed by atoms with E-state index < -0.39 is 9.84 Å². The van der Waals surface area contributed by atoms with Gasteiger partial charge >= 0.3 is 0 Å². The number of carbonyl (C=O) groups excluding carboxylic acids is 1. The highest BCUT2D eigenvalue weighted by molar-refractivity contribution is 7.99. The van der Waals surface area contributed by atoms with Crippen LogP contribution >= 0.6 is 11.8 Å². The van der Waals surface area contributed by atoms with E-state index in [-0.39, 0.29) is 29.2 Å². The number of rotatable bonds is 5. The third-order valence-corrected chi connectivity index (χ3v) is 7.59. The molecule has 0 aliphatic carbocycles. The predicted molar refractivity (Wildman–Crippen MR) is 115 cm³/mol. The molecular formula is C20H22N4O3S2. The highest BCUT2D eigenvalue weighted by atomic mass is 32.2. The molecule has 0 radical (unpaired) electrons. The van der Waals surface area contributed by atoms with Gasteiger partial charge in [0.15, 0.2) is 9.84 Å². The first kappa shape index (κ1) is 19.9. The van der Waals surface area contributed by atoms with Gasteiger partial charge in [0.25, 0.3) is 0 Å². The number of aryl methyl sites for hydroxylation is 2. The maximum absolute atomic E-state index is 12.5. The van der Waals surface area contributed by atoms with Crippen LogP contribution in [0.5, 0.6) is 0 Å². The Bertz CT molecular complexity index is 1190. The van der Waals surface area contributed by atoms with Crippen molar-refractivity contribution in [2.24, 2.45) is 0 Å². The molecular weight excluding hydrogens is 408 g/mol. The van der Waals surface area contributed by atoms with Gasteiger partial charge in [0.05, 0.1) is 39.5 Å². The molecule has 0 bridgehead atoms. The van der Waals surface area contributed by atoms with Crippen molar-refractivity contribution in [1.82, 2.24) is 14.8 Å². The van der Waals surface area contributed by atoms with E-state index in [2.05, 4.69) is 15.4 Å². The lowest BCUT2D eigenvalue weighted by Gasteiger charge is -2.13. The summed E-state index contributed by atoms with van der Waals surface area (Å²) in [5.74, 6) is 0.791. The molecule has 7 nitrogen and oxygen atoms in total. The summed E-state index contributed by atoms with van der Waals surface area (Å²) >= 11 is 1.37. The van der Waals surface area contributed by atoms with Crippen molar-refractivity contribution < 1.29 is 13.2 Å². The van der Waals surface area contributed by atoms with Crippen molar-refractivity contribution in [3.05, 3.63) is 47.7 Å². The highest BCUT2D eigenvalue weighted by Gasteiger charge is 2.31. The van der Waals surface area contributed by atoms with Crippen LogP contribution in [0.4, 0.5) is 5.82 Å². The quantitative estimate of drug-likeness (QED) is 0.625. The lowest BCUT2D eigenvalue weighted by Crippen LogP contribution is -2.20. The number of hydrogen-bond donors (Lipinski definition) is 1. The summed E-state index contributed by atoms with van der Waals surface area (Å²) in [5, 5.41) is 9.17. The molecule has 3 heterocycles. The molecule has 1 N–H and O–H groups in total. The van der Waals surface area contributed by atoms with Crippen LogP contribution in [0.25, 0.3) is 10.9 Å². The molecule has 1 saturated heterocycles. The van der Waals surface area contributed by atoms with Gasteiger partial charge in [0, 0.05) is 11.5 Å². The van der Waals surface area contributed by atoms with E-state index in [0.717, 1.165) is 27.2 Å². The van der Waals surface area contributed by atoms with Crippen LogP contribution in [-0.4, -0.2) is 46.3 Å². The standard InChI is InChI=1S/C20H22N4O3S2/c1-13-9-20(21-17-6-4-3-5-16(13)17)28-11-19(25)22-18-10-14(2)23-24(18)15-7-8-29(26,27)12-15/h3-6,9-10,15H,7-8,11-12H2,1-2H3,(H,22,25)/t15-/m1/s1. The average molecular weight is 431 g/mol. The molecule has 1 fully saturated rings. The first-order valence-corrected chi connectivity index (χ1v) is 12.2. The molecule has 3 aromatic rings. The Labute approximate surface area is 173 Å². The number of hydrogen-bond acceptors (Lipinski definition) is 6. The van der Waals surface area contributed by atoms with Crippen LogP contribution in [0.3, 0.4) is 0 Å². The molecule has 29 heavy (non-hydrogen) atoms. The molecule has 2 aromatic heterocycles. The van der Waals surface area contributed by atoms with Crippen molar-refractivity contribution in [3.63, 3.8) is 0 Å². The molecule has 0 saturated carbocycles. The molecule has 1 aliphatic heterocycles. The number of benzene rings is 1. The number of amides is 1. The van der Waals surface area contributed by atoms with Crippen molar-refractivity contribution in [2.45, 2.75) is 31.3 Å². The third-order valence-electron chi connectivity index (χ3n) is 4.93. The fraction of sp³-hybridized carbons (Fsp3) is 0.350. The Balaban J connectivity index is 1.44. The zero-order valence-corrected chi connectivity index (χ0v) is 17.9. The van der Waals surface area contributed by atoms with Crippen molar-refractivity contribution >= 4 is 44.2 Å². The minimum atomic E-state index is -3.03. The Morgan fingerprint density at radius 1 is 1.28 bits per heavy atom. The van der Waals surface area contributed by atoms with Crippen molar-refractivity contribution in [1.29, 1.82) is 0 Å². The first-order chi connectivity index (χ1) is 13.8. The summed E-state index contributed by atoms with van der Waals surface area (Å²) < 4.78 is 25.2. The number of thioether (sulfide) groups is 1. The van der Waals surface area contributed by atoms with Crippen LogP contribution < -0.4 is 5.32 Å². The number of sulfone groups is 1. The molecule has 4 rings (SSSR count). The smallest absolute Gasteiger partial charge is 0.235 e. The number of pyridine rings is 1. The van der Waals surface area contributed by atoms with Gasteiger partial charge in [-0.1, -0.05) is 30.0 Å². The summed E-state index contributed by atoms with van der Waals surface area (Å²) in [4.78, 5) is 17.1. The Hall–Kier alpha value is -2.39. The minimum Gasteiger partial charge on any atom is -0.310 e. The zero-order chi connectivity index (χ0) is 20.6. The second-order valence-electron chi connectivity index (χ2n) is 7.30. The van der Waals surface area contributed by atoms with Crippen molar-refractivity contribution in [2.75, 3.05) is 22.6 Å². The molecule has 9 heteroatoms. The molecule has 1 aliphatic rings. The fourth-order valence-electron chi connectivity index (χ4n) is 3.57. The minimum absolute atomic E-state index is 0.0615. The SMILES string of the molecule is Cc1cc(NC(=O)CSc2cc(C)c3ccccc3n2)n([C@@H]2CCS(=O)(=O)C2)n1. The molecule has 1 aromatic carbocycles. The Morgan fingerprint density at radius 3 is 2.83 bits per heavy atom. The number of aromatic nitrogens is 3. The van der Waals surface area contributed by atoms with E-state index in [0.29, 0.717) is 12.2 Å². The number of para-hydroxylation sites is 1. The Kier molecular flexibility index (Phi) is 5.35. The largest absolute Gasteiger partial charge is 0.310 e. The average Bonchev–Trinajstić information content (AvgIpc) is 3.21. The lowest BCUT2D eigenvalue weighted by atomic mass is 10.1. The van der Waals surface area contributed by atoms with Crippen LogP contribution in [0, 0.1) is 13.8 Å². The monoisotopic (exact) mass is 430 g/mol. The summed E-state index contributed by atoms with van der Waals surface area (Å²) in [6.07, 6.45) is 0.515. The van der Waals surface area contributed by atoms with E-state index in [1.807, 2.05) is 44.2 Å². The fourth-order valence-corrected chi connectivity index (χ4v) is 6.03. The number of nitrogens with one attached hydrogen (secondary N) is 1. The maximum atomic E-state index is 12.5. The van der Waals surface area contributed by atoms with E-state index in [1.165, 1.54) is 11.8 Å². The normalized spacial score (nSPS) is 18.2. The Morgan fingerprint density at radius 2 is 2.07 bits per heavy atom. The van der Waals surface area contributed by atoms with Crippen LogP contribution in [0.1, 0.15) is 23.7 Å². The summed E-state index contributed by atoms with van der Waals surface area (Å²) in [7, 11) is -3.03. The van der Waals surface area contributed by atoms with E-state index in [4.69, 9.17) is 0 Å². The van der Waals surface area contributed by atoms with E-state index in [9.17, 15) is 13.2 Å². The third kappa shape index (κ3) is 4.45. The van der Waals surface area contributed by atoms with Crippen LogP contribution in [-0.2, 0) is 14.6 Å². The van der Waals surface area contributed by atoms with Gasteiger partial charge in [0.1, 0.15) is 5.82 Å². The van der Waals surface area contributed by atoms with Gasteiger partial charge < -0.3 is 5.32 Å². The maximum Gasteiger partial charge on any atom is 0.235 e. The lowest BCUT2D eigenvalue weighted by molar-refractivity contribution is -0.113. The second kappa shape index (κ2) is 7.79. The predicted octanol–water partition coefficient (Wildman–Crippen LogP) is 3.14. The van der Waals surface area contributed by atoms with Gasteiger partial charge in [-0.15, -0.1) is 0 Å². The highest BCUT2D eigenvalue weighted by Crippen LogP contribution is 2.28. The molecule has 1 atom stereocenters. The number of nitrogens with zero attached hydrogens (tertiary/aromatic N) is 3. The van der Waals surface area contributed by atoms with Gasteiger partial charge in [-0.05, 0) is 38.0 Å². The molecule has 152 valence electrons. The van der Waals surface area contributed by atoms with Crippen LogP contribution in [0.2, 0.25) is 0 Å². The van der Waals surface area contributed by atoms with E-state index in [1.54, 1.807) is 10.7 Å². The van der Waals surface area contributed by atoms with Crippen molar-refractivity contribution in [3.8, 4) is 0 Å². The number of carbonyl (C=O) groups is 1. The molecule has 0 unspecified atom stereocenters. The second-order valence-corrected chi connectivity index (χ2v) is 10.5. The first-order valence-electron chi connectivity index (χ1n) is 9.36. The number of fused-ring (bicyclic) bond motifs is 1. The summed E-state index contributed by atoms with van der Waals surface area (Å²) in [6, 6.07) is 11.4. The van der Waals surface area contributed by atoms with Crippen LogP contribution in [0.15, 0.2) is 41.4 Å².